The van der Waals surface area contributed by atoms with Gasteiger partial charge in [-0.25, -0.2) is 0 Å². The molecule has 0 aliphatic carbocycles. The lowest BCUT2D eigenvalue weighted by atomic mass is 10.0. The first kappa shape index (κ1) is 23.0. The molecule has 4 rings (SSSR count). The number of rotatable bonds is 7. The molecule has 0 bridgehead atoms. The van der Waals surface area contributed by atoms with Crippen molar-refractivity contribution < 1.29 is 27.5 Å². The number of benzene rings is 2. The number of nitrogens with one attached hydrogen (secondary N) is 1. The maximum atomic E-state index is 13.3. The fraction of sp³-hybridized carbons (Fsp3) is 0.160. The zero-order chi connectivity index (χ0) is 24.3. The van der Waals surface area contributed by atoms with Gasteiger partial charge in [-0.3, -0.25) is 19.5 Å². The van der Waals surface area contributed by atoms with E-state index in [1.165, 1.54) is 12.1 Å². The molecular formula is C25H20F3N3O3. The zero-order valence-corrected chi connectivity index (χ0v) is 18.1. The molecule has 1 aliphatic heterocycles. The summed E-state index contributed by atoms with van der Waals surface area (Å²) in [5.41, 5.74) is 0.268. The van der Waals surface area contributed by atoms with Crippen LogP contribution in [0, 0.1) is 0 Å². The van der Waals surface area contributed by atoms with E-state index < -0.39 is 23.6 Å². The zero-order valence-electron chi connectivity index (χ0n) is 18.1. The predicted molar refractivity (Wildman–Crippen MR) is 119 cm³/mol. The Morgan fingerprint density at radius 1 is 0.971 bits per heavy atom. The highest BCUT2D eigenvalue weighted by Gasteiger charge is 2.39. The second-order valence-corrected chi connectivity index (χ2v) is 7.46. The molecule has 34 heavy (non-hydrogen) atoms. The topological polar surface area (TPSA) is 71.5 Å². The maximum Gasteiger partial charge on any atom is 0.416 e. The summed E-state index contributed by atoms with van der Waals surface area (Å²) in [6.07, 6.45) is -1.46. The van der Waals surface area contributed by atoms with Gasteiger partial charge in [0.1, 0.15) is 11.4 Å². The van der Waals surface area contributed by atoms with Crippen LogP contribution >= 0.6 is 0 Å². The Hall–Kier alpha value is -4.14. The lowest BCUT2D eigenvalue weighted by Gasteiger charge is -2.15. The van der Waals surface area contributed by atoms with Gasteiger partial charge in [0.15, 0.2) is 0 Å². The van der Waals surface area contributed by atoms with Crippen LogP contribution in [0.25, 0.3) is 5.57 Å². The van der Waals surface area contributed by atoms with Gasteiger partial charge in [0.25, 0.3) is 11.8 Å². The number of aromatic nitrogens is 1. The summed E-state index contributed by atoms with van der Waals surface area (Å²) in [6.45, 7) is 2.29. The Bertz CT molecular complexity index is 1240. The van der Waals surface area contributed by atoms with Gasteiger partial charge >= 0.3 is 6.18 Å². The molecule has 0 fully saturated rings. The van der Waals surface area contributed by atoms with E-state index in [0.717, 1.165) is 17.0 Å². The predicted octanol–water partition coefficient (Wildman–Crippen LogP) is 4.89. The molecule has 2 amide bonds. The molecule has 1 aromatic heterocycles. The number of halogens is 3. The normalized spacial score (nSPS) is 14.1. The van der Waals surface area contributed by atoms with Gasteiger partial charge in [-0.15, -0.1) is 0 Å². The Morgan fingerprint density at radius 2 is 1.68 bits per heavy atom. The van der Waals surface area contributed by atoms with Crippen LogP contribution in [0.3, 0.4) is 0 Å². The molecule has 3 aromatic rings. The summed E-state index contributed by atoms with van der Waals surface area (Å²) < 4.78 is 45.0. The number of hydrogen-bond donors (Lipinski definition) is 1. The minimum Gasteiger partial charge on any atom is -0.494 e. The van der Waals surface area contributed by atoms with Crippen LogP contribution in [0.5, 0.6) is 5.75 Å². The van der Waals surface area contributed by atoms with Gasteiger partial charge in [0.05, 0.1) is 24.3 Å². The summed E-state index contributed by atoms with van der Waals surface area (Å²) in [7, 11) is 0. The highest BCUT2D eigenvalue weighted by molar-refractivity contribution is 6.36. The minimum atomic E-state index is -4.55. The van der Waals surface area contributed by atoms with Crippen LogP contribution in [0.4, 0.5) is 18.9 Å². The number of imide groups is 1. The van der Waals surface area contributed by atoms with E-state index in [1.54, 1.807) is 48.8 Å². The smallest absolute Gasteiger partial charge is 0.416 e. The van der Waals surface area contributed by atoms with Crippen molar-refractivity contribution in [1.29, 1.82) is 0 Å². The van der Waals surface area contributed by atoms with Crippen LogP contribution in [-0.4, -0.2) is 28.3 Å². The van der Waals surface area contributed by atoms with Gasteiger partial charge < -0.3 is 10.1 Å². The van der Waals surface area contributed by atoms with E-state index in [-0.39, 0.29) is 23.5 Å². The van der Waals surface area contributed by atoms with Gasteiger partial charge in [-0.05, 0) is 60.5 Å². The van der Waals surface area contributed by atoms with Gasteiger partial charge in [0.2, 0.25) is 0 Å². The molecule has 2 heterocycles. The molecule has 2 aromatic carbocycles. The number of carbonyl (C=O) groups is 2. The van der Waals surface area contributed by atoms with Crippen LogP contribution in [0.2, 0.25) is 0 Å². The van der Waals surface area contributed by atoms with Crippen molar-refractivity contribution in [2.75, 3.05) is 11.9 Å². The number of hydrogen-bond acceptors (Lipinski definition) is 5. The van der Waals surface area contributed by atoms with Crippen molar-refractivity contribution in [3.63, 3.8) is 0 Å². The summed E-state index contributed by atoms with van der Waals surface area (Å²) in [5.74, 6) is -0.604. The molecule has 0 saturated heterocycles. The monoisotopic (exact) mass is 467 g/mol. The summed E-state index contributed by atoms with van der Waals surface area (Å²) in [6, 6.07) is 14.4. The van der Waals surface area contributed by atoms with Crippen LogP contribution in [0.15, 0.2) is 78.8 Å². The molecule has 1 N–H and O–H groups in total. The average molecular weight is 467 g/mol. The van der Waals surface area contributed by atoms with E-state index in [1.807, 2.05) is 6.92 Å². The number of nitrogens with zero attached hydrogens (tertiary/aromatic N) is 2. The van der Waals surface area contributed by atoms with E-state index in [0.29, 0.717) is 23.5 Å². The van der Waals surface area contributed by atoms with Crippen molar-refractivity contribution in [3.05, 3.63) is 95.4 Å². The third-order valence-electron chi connectivity index (χ3n) is 5.17. The van der Waals surface area contributed by atoms with Crippen molar-refractivity contribution in [2.45, 2.75) is 19.6 Å². The molecular weight excluding hydrogens is 447 g/mol. The van der Waals surface area contributed by atoms with E-state index in [9.17, 15) is 22.8 Å². The summed E-state index contributed by atoms with van der Waals surface area (Å²) in [5, 5.41) is 2.76. The SMILES string of the molecule is CCOc1ccc(C2=C(Nc3cccc(C(F)(F)F)c3)C(=O)N(Cc3ccncc3)C2=O)cc1. The molecule has 1 aliphatic rings. The Balaban J connectivity index is 1.74. The molecule has 0 radical (unpaired) electrons. The average Bonchev–Trinajstić information content (AvgIpc) is 3.04. The van der Waals surface area contributed by atoms with Gasteiger partial charge in [-0.2, -0.15) is 13.2 Å². The fourth-order valence-corrected chi connectivity index (χ4v) is 3.58. The molecule has 174 valence electrons. The van der Waals surface area contributed by atoms with E-state index >= 15 is 0 Å². The summed E-state index contributed by atoms with van der Waals surface area (Å²) in [4.78, 5) is 31.6. The van der Waals surface area contributed by atoms with Crippen molar-refractivity contribution >= 4 is 23.1 Å². The van der Waals surface area contributed by atoms with Crippen LogP contribution in [0.1, 0.15) is 23.6 Å². The Morgan fingerprint density at radius 3 is 2.32 bits per heavy atom. The number of carbonyl (C=O) groups excluding carboxylic acids is 2. The molecule has 0 unspecified atom stereocenters. The van der Waals surface area contributed by atoms with Crippen molar-refractivity contribution in [2.24, 2.45) is 0 Å². The van der Waals surface area contributed by atoms with Gasteiger partial charge in [-0.1, -0.05) is 18.2 Å². The molecule has 0 spiro atoms. The lowest BCUT2D eigenvalue weighted by Crippen LogP contribution is -2.32. The third kappa shape index (κ3) is 4.78. The Kier molecular flexibility index (Phi) is 6.36. The fourth-order valence-electron chi connectivity index (χ4n) is 3.58. The number of alkyl halides is 3. The second-order valence-electron chi connectivity index (χ2n) is 7.46. The standard InChI is InChI=1S/C25H20F3N3O3/c1-2-34-20-8-6-17(7-9-20)21-22(30-19-5-3-4-18(14-19)25(26,27)28)24(33)31(23(21)32)15-16-10-12-29-13-11-16/h3-14,30H,2,15H2,1H3. The highest BCUT2D eigenvalue weighted by atomic mass is 19.4. The quantitative estimate of drug-likeness (QED) is 0.501. The van der Waals surface area contributed by atoms with E-state index in [4.69, 9.17) is 4.74 Å². The largest absolute Gasteiger partial charge is 0.494 e. The van der Waals surface area contributed by atoms with E-state index in [2.05, 4.69) is 10.3 Å². The van der Waals surface area contributed by atoms with Crippen LogP contribution < -0.4 is 10.1 Å². The highest BCUT2D eigenvalue weighted by Crippen LogP contribution is 2.34. The first-order valence-electron chi connectivity index (χ1n) is 10.4. The van der Waals surface area contributed by atoms with Gasteiger partial charge in [0, 0.05) is 18.1 Å². The Labute approximate surface area is 193 Å². The lowest BCUT2D eigenvalue weighted by molar-refractivity contribution is -0.138. The number of amides is 2. The molecule has 0 atom stereocenters. The number of pyridine rings is 1. The third-order valence-corrected chi connectivity index (χ3v) is 5.17. The number of ether oxygens (including phenoxy) is 1. The first-order valence-corrected chi connectivity index (χ1v) is 10.4. The maximum absolute atomic E-state index is 13.3. The van der Waals surface area contributed by atoms with Crippen LogP contribution in [-0.2, 0) is 22.3 Å². The van der Waals surface area contributed by atoms with Crippen molar-refractivity contribution in [1.82, 2.24) is 9.88 Å². The molecule has 0 saturated carbocycles. The summed E-state index contributed by atoms with van der Waals surface area (Å²) >= 11 is 0. The number of anilines is 1. The van der Waals surface area contributed by atoms with Crippen molar-refractivity contribution in [3.8, 4) is 5.75 Å². The molecule has 6 nitrogen and oxygen atoms in total. The minimum absolute atomic E-state index is 0.00547. The second kappa shape index (κ2) is 9.38. The first-order chi connectivity index (χ1) is 16.3. The molecule has 9 heteroatoms.